The number of hydrogen-bond acceptors (Lipinski definition) is 2. The maximum absolute atomic E-state index is 6.48. The number of benzene rings is 1. The summed E-state index contributed by atoms with van der Waals surface area (Å²) in [5, 5.41) is 0. The molecule has 0 amide bonds. The minimum Gasteiger partial charge on any atom is -0.370 e. The molecular formula is C15H24N2. The van der Waals surface area contributed by atoms with Crippen LogP contribution in [0.1, 0.15) is 38.2 Å². The number of hydrogen-bond donors (Lipinski definition) is 1. The molecular weight excluding hydrogens is 208 g/mol. The lowest BCUT2D eigenvalue weighted by molar-refractivity contribution is 0.435. The number of nitrogens with two attached hydrogens (primary N) is 1. The Morgan fingerprint density at radius 2 is 1.88 bits per heavy atom. The molecule has 1 aliphatic rings. The van der Waals surface area contributed by atoms with Gasteiger partial charge in [0, 0.05) is 24.3 Å². The standard InChI is InChI=1S/C15H24N2/c1-3-17(12-15(16)10-6-7-11-15)14-9-5-4-8-13(14)2/h4-5,8-9H,3,6-7,10-12,16H2,1-2H3. The molecule has 1 fully saturated rings. The largest absolute Gasteiger partial charge is 0.370 e. The molecule has 2 rings (SSSR count). The fourth-order valence-electron chi connectivity index (χ4n) is 2.90. The van der Waals surface area contributed by atoms with Crippen molar-refractivity contribution in [2.45, 2.75) is 45.1 Å². The van der Waals surface area contributed by atoms with Crippen molar-refractivity contribution in [1.82, 2.24) is 0 Å². The first kappa shape index (κ1) is 12.4. The average molecular weight is 232 g/mol. The molecule has 0 spiro atoms. The van der Waals surface area contributed by atoms with Crippen LogP contribution in [0.5, 0.6) is 0 Å². The number of rotatable bonds is 4. The first-order valence-electron chi connectivity index (χ1n) is 6.74. The summed E-state index contributed by atoms with van der Waals surface area (Å²) in [6, 6.07) is 8.59. The van der Waals surface area contributed by atoms with E-state index in [1.165, 1.54) is 36.9 Å². The Hall–Kier alpha value is -1.02. The Labute approximate surface area is 105 Å². The van der Waals surface area contributed by atoms with Crippen LogP contribution in [-0.2, 0) is 0 Å². The van der Waals surface area contributed by atoms with Crippen LogP contribution in [0, 0.1) is 6.92 Å². The molecule has 1 saturated carbocycles. The first-order valence-corrected chi connectivity index (χ1v) is 6.74. The van der Waals surface area contributed by atoms with Gasteiger partial charge in [0.1, 0.15) is 0 Å². The molecule has 0 aliphatic heterocycles. The van der Waals surface area contributed by atoms with Gasteiger partial charge in [-0.2, -0.15) is 0 Å². The van der Waals surface area contributed by atoms with E-state index in [0.717, 1.165) is 13.1 Å². The van der Waals surface area contributed by atoms with Gasteiger partial charge in [0.2, 0.25) is 0 Å². The predicted molar refractivity (Wildman–Crippen MR) is 74.5 cm³/mol. The Kier molecular flexibility index (Phi) is 3.72. The second-order valence-electron chi connectivity index (χ2n) is 5.37. The van der Waals surface area contributed by atoms with Crippen LogP contribution in [0.4, 0.5) is 5.69 Å². The van der Waals surface area contributed by atoms with Crippen LogP contribution in [0.15, 0.2) is 24.3 Å². The van der Waals surface area contributed by atoms with Crippen LogP contribution >= 0.6 is 0 Å². The Bertz CT molecular complexity index is 367. The molecule has 1 aromatic rings. The lowest BCUT2D eigenvalue weighted by Gasteiger charge is -2.34. The minimum absolute atomic E-state index is 0.0400. The number of nitrogens with zero attached hydrogens (tertiary/aromatic N) is 1. The average Bonchev–Trinajstić information content (AvgIpc) is 2.74. The molecule has 0 atom stereocenters. The summed E-state index contributed by atoms with van der Waals surface area (Å²) in [5.74, 6) is 0. The van der Waals surface area contributed by atoms with Gasteiger partial charge in [0.15, 0.2) is 0 Å². The molecule has 1 aromatic carbocycles. The van der Waals surface area contributed by atoms with Gasteiger partial charge in [-0.3, -0.25) is 0 Å². The van der Waals surface area contributed by atoms with Gasteiger partial charge >= 0.3 is 0 Å². The molecule has 0 aromatic heterocycles. The fourth-order valence-corrected chi connectivity index (χ4v) is 2.90. The summed E-state index contributed by atoms with van der Waals surface area (Å²) in [6.45, 7) is 6.42. The minimum atomic E-state index is 0.0400. The third-order valence-electron chi connectivity index (χ3n) is 3.94. The molecule has 0 heterocycles. The Morgan fingerprint density at radius 1 is 1.24 bits per heavy atom. The van der Waals surface area contributed by atoms with E-state index in [1.54, 1.807) is 0 Å². The van der Waals surface area contributed by atoms with E-state index in [1.807, 2.05) is 0 Å². The van der Waals surface area contributed by atoms with Crippen molar-refractivity contribution >= 4 is 5.69 Å². The lowest BCUT2D eigenvalue weighted by Crippen LogP contribution is -2.48. The Balaban J connectivity index is 2.14. The summed E-state index contributed by atoms with van der Waals surface area (Å²) in [7, 11) is 0. The van der Waals surface area contributed by atoms with Gasteiger partial charge in [0.05, 0.1) is 0 Å². The van der Waals surface area contributed by atoms with Gasteiger partial charge in [-0.1, -0.05) is 31.0 Å². The van der Waals surface area contributed by atoms with Crippen LogP contribution in [-0.4, -0.2) is 18.6 Å². The van der Waals surface area contributed by atoms with Gasteiger partial charge in [0.25, 0.3) is 0 Å². The van der Waals surface area contributed by atoms with Gasteiger partial charge in [-0.05, 0) is 38.3 Å². The van der Waals surface area contributed by atoms with Crippen molar-refractivity contribution in [3.63, 3.8) is 0 Å². The molecule has 0 radical (unpaired) electrons. The quantitative estimate of drug-likeness (QED) is 0.864. The van der Waals surface area contributed by atoms with Crippen molar-refractivity contribution in [3.8, 4) is 0 Å². The van der Waals surface area contributed by atoms with Crippen LogP contribution in [0.25, 0.3) is 0 Å². The zero-order chi connectivity index (χ0) is 12.3. The van der Waals surface area contributed by atoms with E-state index >= 15 is 0 Å². The summed E-state index contributed by atoms with van der Waals surface area (Å²) >= 11 is 0. The summed E-state index contributed by atoms with van der Waals surface area (Å²) in [4.78, 5) is 2.43. The second kappa shape index (κ2) is 5.09. The molecule has 0 bridgehead atoms. The monoisotopic (exact) mass is 232 g/mol. The molecule has 0 saturated heterocycles. The van der Waals surface area contributed by atoms with Gasteiger partial charge in [-0.15, -0.1) is 0 Å². The smallest absolute Gasteiger partial charge is 0.0396 e. The zero-order valence-corrected chi connectivity index (χ0v) is 11.1. The van der Waals surface area contributed by atoms with Gasteiger partial charge < -0.3 is 10.6 Å². The van der Waals surface area contributed by atoms with Crippen molar-refractivity contribution in [2.75, 3.05) is 18.0 Å². The molecule has 17 heavy (non-hydrogen) atoms. The summed E-state index contributed by atoms with van der Waals surface area (Å²) in [6.07, 6.45) is 4.94. The van der Waals surface area contributed by atoms with Crippen LogP contribution in [0.3, 0.4) is 0 Å². The molecule has 2 nitrogen and oxygen atoms in total. The SMILES string of the molecule is CCN(CC1(N)CCCC1)c1ccccc1C. The van der Waals surface area contributed by atoms with Crippen molar-refractivity contribution in [3.05, 3.63) is 29.8 Å². The third-order valence-corrected chi connectivity index (χ3v) is 3.94. The number of para-hydroxylation sites is 1. The first-order chi connectivity index (χ1) is 8.14. The molecule has 0 unspecified atom stereocenters. The van der Waals surface area contributed by atoms with E-state index in [4.69, 9.17) is 5.73 Å². The highest BCUT2D eigenvalue weighted by atomic mass is 15.1. The number of likely N-dealkylation sites (N-methyl/N-ethyl adjacent to an activating group) is 1. The molecule has 2 heteroatoms. The van der Waals surface area contributed by atoms with Crippen LogP contribution < -0.4 is 10.6 Å². The molecule has 94 valence electrons. The van der Waals surface area contributed by atoms with E-state index in [9.17, 15) is 0 Å². The summed E-state index contributed by atoms with van der Waals surface area (Å²) < 4.78 is 0. The fraction of sp³-hybridized carbons (Fsp3) is 0.600. The maximum Gasteiger partial charge on any atom is 0.0396 e. The van der Waals surface area contributed by atoms with Crippen molar-refractivity contribution < 1.29 is 0 Å². The predicted octanol–water partition coefficient (Wildman–Crippen LogP) is 3.09. The van der Waals surface area contributed by atoms with Crippen molar-refractivity contribution in [2.24, 2.45) is 5.73 Å². The van der Waals surface area contributed by atoms with Crippen LogP contribution in [0.2, 0.25) is 0 Å². The molecule has 2 N–H and O–H groups in total. The number of anilines is 1. The van der Waals surface area contributed by atoms with Gasteiger partial charge in [-0.25, -0.2) is 0 Å². The second-order valence-corrected chi connectivity index (χ2v) is 5.37. The number of aryl methyl sites for hydroxylation is 1. The normalized spacial score (nSPS) is 18.3. The highest BCUT2D eigenvalue weighted by molar-refractivity contribution is 5.53. The topological polar surface area (TPSA) is 29.3 Å². The highest BCUT2D eigenvalue weighted by Crippen LogP contribution is 2.30. The lowest BCUT2D eigenvalue weighted by atomic mass is 9.97. The van der Waals surface area contributed by atoms with E-state index in [0.29, 0.717) is 0 Å². The van der Waals surface area contributed by atoms with Crippen molar-refractivity contribution in [1.29, 1.82) is 0 Å². The van der Waals surface area contributed by atoms with E-state index in [-0.39, 0.29) is 5.54 Å². The maximum atomic E-state index is 6.48. The van der Waals surface area contributed by atoms with E-state index < -0.39 is 0 Å². The molecule has 1 aliphatic carbocycles. The Morgan fingerprint density at radius 3 is 2.47 bits per heavy atom. The highest BCUT2D eigenvalue weighted by Gasteiger charge is 2.31. The summed E-state index contributed by atoms with van der Waals surface area (Å²) in [5.41, 5.74) is 9.20. The zero-order valence-electron chi connectivity index (χ0n) is 11.1. The van der Waals surface area contributed by atoms with E-state index in [2.05, 4.69) is 43.0 Å². The third kappa shape index (κ3) is 2.81.